The third-order valence-corrected chi connectivity index (χ3v) is 3.81. The molecule has 0 aromatic heterocycles. The maximum absolute atomic E-state index is 10.8. The van der Waals surface area contributed by atoms with Crippen LogP contribution in [-0.4, -0.2) is 91.2 Å². The summed E-state index contributed by atoms with van der Waals surface area (Å²) in [6.07, 6.45) is -1.99. The summed E-state index contributed by atoms with van der Waals surface area (Å²) in [4.78, 5) is 0. The number of terminal acetylenes is 1. The normalized spacial score (nSPS) is 31.6. The first-order valence-electron chi connectivity index (χ1n) is 6.54. The van der Waals surface area contributed by atoms with Crippen LogP contribution in [0.25, 0.3) is 0 Å². The minimum absolute atomic E-state index is 0. The van der Waals surface area contributed by atoms with Crippen LogP contribution in [0.4, 0.5) is 0 Å². The molecule has 12 heteroatoms. The number of aliphatic hydroxyl groups is 3. The molecular weight excluding hydrogens is 359 g/mol. The molecule has 0 aliphatic carbocycles. The van der Waals surface area contributed by atoms with Gasteiger partial charge in [0.05, 0.1) is 29.1 Å². The van der Waals surface area contributed by atoms with Crippen molar-refractivity contribution in [1.29, 1.82) is 0 Å². The van der Waals surface area contributed by atoms with E-state index in [1.54, 1.807) is 0 Å². The number of aliphatic hydroxyl groups excluding tert-OH is 3. The van der Waals surface area contributed by atoms with Crippen molar-refractivity contribution in [3.63, 3.8) is 0 Å². The van der Waals surface area contributed by atoms with E-state index in [9.17, 15) is 28.3 Å². The van der Waals surface area contributed by atoms with E-state index in [0.29, 0.717) is 0 Å². The molecule has 10 nitrogen and oxygen atoms in total. The molecule has 0 amide bonds. The Kier molecular flexibility index (Phi) is 10.9. The smallest absolute Gasteiger partial charge is 0.748 e. The van der Waals surface area contributed by atoms with E-state index in [4.69, 9.17) is 25.4 Å². The fourth-order valence-electron chi connectivity index (χ4n) is 1.99. The van der Waals surface area contributed by atoms with Crippen LogP contribution in [0.3, 0.4) is 0 Å². The number of methoxy groups -OCH3 is 1. The third-order valence-electron chi connectivity index (χ3n) is 3.07. The van der Waals surface area contributed by atoms with Crippen LogP contribution in [0.1, 0.15) is 0 Å². The molecule has 134 valence electrons. The molecule has 0 spiro atoms. The van der Waals surface area contributed by atoms with Gasteiger partial charge in [0.25, 0.3) is 0 Å². The van der Waals surface area contributed by atoms with Gasteiger partial charge >= 0.3 is 29.6 Å². The van der Waals surface area contributed by atoms with Crippen molar-refractivity contribution in [2.24, 2.45) is 0 Å². The molecule has 1 saturated heterocycles. The maximum Gasteiger partial charge on any atom is 1.00 e. The van der Waals surface area contributed by atoms with Crippen molar-refractivity contribution in [2.75, 3.05) is 26.1 Å². The zero-order chi connectivity index (χ0) is 17.6. The number of hydrogen-bond donors (Lipinski definition) is 3. The summed E-state index contributed by atoms with van der Waals surface area (Å²) in [7, 11) is -3.33. The van der Waals surface area contributed by atoms with Gasteiger partial charge in [0.2, 0.25) is 0 Å². The van der Waals surface area contributed by atoms with E-state index in [-0.39, 0.29) is 42.8 Å². The Morgan fingerprint density at radius 2 is 1.88 bits per heavy atom. The topological polar surface area (TPSA) is 155 Å². The number of ether oxygens (including phenoxy) is 4. The van der Waals surface area contributed by atoms with Crippen molar-refractivity contribution in [3.8, 4) is 12.5 Å². The van der Waals surface area contributed by atoms with Crippen LogP contribution in [0.5, 0.6) is 0 Å². The van der Waals surface area contributed by atoms with Crippen LogP contribution in [0.15, 0.2) is 0 Å². The van der Waals surface area contributed by atoms with Crippen molar-refractivity contribution in [2.45, 2.75) is 36.8 Å². The van der Waals surface area contributed by atoms with Crippen LogP contribution in [0, 0.1) is 12.5 Å². The molecule has 6 atom stereocenters. The summed E-state index contributed by atoms with van der Waals surface area (Å²) in [6, 6.07) is 0. The minimum atomic E-state index is -4.72. The van der Waals surface area contributed by atoms with E-state index >= 15 is 0 Å². The van der Waals surface area contributed by atoms with Gasteiger partial charge in [0.15, 0.2) is 12.4 Å². The second kappa shape index (κ2) is 10.9. The summed E-state index contributed by atoms with van der Waals surface area (Å²) in [5, 5.41) is 29.2. The van der Waals surface area contributed by atoms with Crippen LogP contribution in [0.2, 0.25) is 0 Å². The minimum Gasteiger partial charge on any atom is -0.748 e. The fourth-order valence-corrected chi connectivity index (χ4v) is 2.67. The standard InChI is InChI=1S/C12H20O10S.Na/c1-3-20-7(4-19-2)5-21-12-11(15)10(14)9(13)8(22-12)6-23(16,17)18;/h1,7-15H,4-6H2,2H3,(H,16,17,18);/q;+1/p-1. The van der Waals surface area contributed by atoms with Gasteiger partial charge in [-0.05, 0) is 0 Å². The zero-order valence-electron chi connectivity index (χ0n) is 13.3. The Hall–Kier alpha value is 0.0300. The molecule has 0 radical (unpaired) electrons. The summed E-state index contributed by atoms with van der Waals surface area (Å²) in [5.74, 6) is -1.08. The zero-order valence-corrected chi connectivity index (χ0v) is 16.1. The molecule has 1 rings (SSSR count). The summed E-state index contributed by atoms with van der Waals surface area (Å²) < 4.78 is 52.3. The SMILES string of the molecule is C#COC(COC)COC1OC(CS(=O)(=O)[O-])C(O)C(O)C1O.[Na+]. The van der Waals surface area contributed by atoms with Crippen molar-refractivity contribution >= 4 is 10.1 Å². The molecule has 0 saturated carbocycles. The van der Waals surface area contributed by atoms with Gasteiger partial charge in [-0.15, -0.1) is 0 Å². The van der Waals surface area contributed by atoms with Gasteiger partial charge in [-0.25, -0.2) is 8.42 Å². The monoisotopic (exact) mass is 378 g/mol. The van der Waals surface area contributed by atoms with Crippen LogP contribution < -0.4 is 29.6 Å². The van der Waals surface area contributed by atoms with Gasteiger partial charge in [-0.3, -0.25) is 0 Å². The average Bonchev–Trinajstić information content (AvgIpc) is 2.45. The van der Waals surface area contributed by atoms with Crippen LogP contribution >= 0.6 is 0 Å². The quantitative estimate of drug-likeness (QED) is 0.211. The summed E-state index contributed by atoms with van der Waals surface area (Å²) >= 11 is 0. The predicted molar refractivity (Wildman–Crippen MR) is 72.8 cm³/mol. The molecule has 24 heavy (non-hydrogen) atoms. The molecule has 1 aliphatic rings. The van der Waals surface area contributed by atoms with Crippen molar-refractivity contribution < 1.29 is 76.8 Å². The Balaban J connectivity index is 0.00000529. The maximum atomic E-state index is 10.8. The van der Waals surface area contributed by atoms with E-state index in [0.717, 1.165) is 0 Å². The van der Waals surface area contributed by atoms with Gasteiger partial charge in [-0.1, -0.05) is 6.42 Å². The second-order valence-electron chi connectivity index (χ2n) is 4.89. The molecule has 3 N–H and O–H groups in total. The fraction of sp³-hybridized carbons (Fsp3) is 0.833. The van der Waals surface area contributed by atoms with Crippen molar-refractivity contribution in [1.82, 2.24) is 0 Å². The van der Waals surface area contributed by atoms with Crippen LogP contribution in [-0.2, 0) is 29.1 Å². The van der Waals surface area contributed by atoms with Gasteiger partial charge in [0.1, 0.15) is 30.5 Å². The molecular formula is C12H19NaO10S. The largest absolute Gasteiger partial charge is 1.00 e. The first-order valence-corrected chi connectivity index (χ1v) is 8.12. The molecule has 1 fully saturated rings. The third kappa shape index (κ3) is 7.51. The Labute approximate surface area is 162 Å². The van der Waals surface area contributed by atoms with E-state index < -0.39 is 52.7 Å². The molecule has 0 aromatic carbocycles. The molecule has 0 aromatic rings. The first kappa shape index (κ1) is 24.0. The summed E-state index contributed by atoms with van der Waals surface area (Å²) in [6.45, 7) is -0.143. The first-order chi connectivity index (χ1) is 10.7. The molecule has 1 aliphatic heterocycles. The molecule has 1 heterocycles. The average molecular weight is 378 g/mol. The Morgan fingerprint density at radius 1 is 1.25 bits per heavy atom. The van der Waals surface area contributed by atoms with Gasteiger partial charge in [-0.2, -0.15) is 0 Å². The molecule has 6 unspecified atom stereocenters. The molecule has 0 bridgehead atoms. The summed E-state index contributed by atoms with van der Waals surface area (Å²) in [5.41, 5.74) is 0. The van der Waals surface area contributed by atoms with E-state index in [2.05, 4.69) is 0 Å². The van der Waals surface area contributed by atoms with E-state index in [1.807, 2.05) is 6.11 Å². The predicted octanol–water partition coefficient (Wildman–Crippen LogP) is -6.02. The van der Waals surface area contributed by atoms with Gasteiger partial charge in [0, 0.05) is 7.11 Å². The second-order valence-corrected chi connectivity index (χ2v) is 6.33. The Bertz CT molecular complexity index is 506. The Morgan fingerprint density at radius 3 is 2.38 bits per heavy atom. The van der Waals surface area contributed by atoms with Gasteiger partial charge < -0.3 is 38.8 Å². The van der Waals surface area contributed by atoms with Crippen molar-refractivity contribution in [3.05, 3.63) is 0 Å². The number of hydrogen-bond acceptors (Lipinski definition) is 10. The number of rotatable bonds is 8. The van der Waals surface area contributed by atoms with E-state index in [1.165, 1.54) is 7.11 Å².